The van der Waals surface area contributed by atoms with Crippen LogP contribution in [-0.4, -0.2) is 19.1 Å². The van der Waals surface area contributed by atoms with Crippen LogP contribution < -0.4 is 11.1 Å². The van der Waals surface area contributed by atoms with Crippen LogP contribution in [-0.2, 0) is 6.42 Å². The van der Waals surface area contributed by atoms with Gasteiger partial charge in [-0.2, -0.15) is 0 Å². The van der Waals surface area contributed by atoms with Crippen molar-refractivity contribution in [1.29, 1.82) is 0 Å². The van der Waals surface area contributed by atoms with E-state index in [0.717, 1.165) is 11.1 Å². The Bertz CT molecular complexity index is 1890. The molecule has 0 aliphatic rings. The Morgan fingerprint density at radius 3 is 1.38 bits per heavy atom. The van der Waals surface area contributed by atoms with Gasteiger partial charge in [0.15, 0.2) is 9.54 Å². The molecule has 0 saturated carbocycles. The SMILES string of the molecule is O=c1c2cc(Cc3ccc4[nH]c(=S)n(-c5ccccc5)c(=O)c4c3)ccc2[nH]c(=S)n1-c1ccccc1. The van der Waals surface area contributed by atoms with Crippen LogP contribution in [0.5, 0.6) is 0 Å². The largest absolute Gasteiger partial charge is 0.331 e. The molecule has 4 aromatic carbocycles. The molecule has 6 rings (SSSR count). The Morgan fingerprint density at radius 1 is 0.568 bits per heavy atom. The number of rotatable bonds is 4. The first kappa shape index (κ1) is 23.0. The summed E-state index contributed by atoms with van der Waals surface area (Å²) in [6.45, 7) is 0. The maximum Gasteiger partial charge on any atom is 0.266 e. The van der Waals surface area contributed by atoms with Gasteiger partial charge in [-0.25, -0.2) is 0 Å². The van der Waals surface area contributed by atoms with Gasteiger partial charge in [-0.05, 0) is 90.5 Å². The van der Waals surface area contributed by atoms with Crippen molar-refractivity contribution < 1.29 is 0 Å². The molecule has 0 atom stereocenters. The van der Waals surface area contributed by atoms with Crippen molar-refractivity contribution in [2.75, 3.05) is 0 Å². The van der Waals surface area contributed by atoms with E-state index in [1.807, 2.05) is 97.1 Å². The number of nitrogens with zero attached hydrogens (tertiary/aromatic N) is 2. The van der Waals surface area contributed by atoms with E-state index < -0.39 is 0 Å². The number of aromatic nitrogens is 4. The second kappa shape index (κ2) is 9.24. The lowest BCUT2D eigenvalue weighted by atomic mass is 10.0. The third-order valence-electron chi connectivity index (χ3n) is 6.36. The first-order valence-corrected chi connectivity index (χ1v) is 12.5. The van der Waals surface area contributed by atoms with E-state index in [0.29, 0.717) is 49.1 Å². The van der Waals surface area contributed by atoms with Gasteiger partial charge < -0.3 is 9.97 Å². The molecule has 0 spiro atoms. The summed E-state index contributed by atoms with van der Waals surface area (Å²) in [5, 5.41) is 1.09. The van der Waals surface area contributed by atoms with E-state index in [9.17, 15) is 9.59 Å². The van der Waals surface area contributed by atoms with Crippen molar-refractivity contribution >= 4 is 46.2 Å². The molecular weight excluding hydrogens is 500 g/mol. The number of nitrogens with one attached hydrogen (secondary N) is 2. The van der Waals surface area contributed by atoms with Crippen molar-refractivity contribution in [3.63, 3.8) is 0 Å². The number of aromatic amines is 2. The average Bonchev–Trinajstić information content (AvgIpc) is 2.91. The fourth-order valence-corrected chi connectivity index (χ4v) is 5.20. The van der Waals surface area contributed by atoms with E-state index in [2.05, 4.69) is 9.97 Å². The van der Waals surface area contributed by atoms with Crippen LogP contribution in [0.25, 0.3) is 33.2 Å². The molecule has 2 heterocycles. The zero-order chi connectivity index (χ0) is 25.5. The maximum atomic E-state index is 13.4. The molecule has 0 aliphatic carbocycles. The number of hydrogen-bond acceptors (Lipinski definition) is 4. The second-order valence-corrected chi connectivity index (χ2v) is 9.52. The lowest BCUT2D eigenvalue weighted by Crippen LogP contribution is -2.20. The summed E-state index contributed by atoms with van der Waals surface area (Å²) in [6, 6.07) is 30.1. The van der Waals surface area contributed by atoms with Gasteiger partial charge in [0.05, 0.1) is 33.2 Å². The fourth-order valence-electron chi connectivity index (χ4n) is 4.60. The molecule has 0 radical (unpaired) electrons. The molecule has 6 nitrogen and oxygen atoms in total. The molecule has 0 unspecified atom stereocenters. The summed E-state index contributed by atoms with van der Waals surface area (Å²) < 4.78 is 3.70. The highest BCUT2D eigenvalue weighted by Crippen LogP contribution is 2.19. The van der Waals surface area contributed by atoms with Gasteiger partial charge in [0.2, 0.25) is 0 Å². The van der Waals surface area contributed by atoms with Crippen LogP contribution in [0.15, 0.2) is 107 Å². The highest BCUT2D eigenvalue weighted by Gasteiger charge is 2.11. The van der Waals surface area contributed by atoms with Crippen LogP contribution in [0.3, 0.4) is 0 Å². The minimum atomic E-state index is -0.177. The number of para-hydroxylation sites is 2. The first-order valence-electron chi connectivity index (χ1n) is 11.7. The number of fused-ring (bicyclic) bond motifs is 2. The van der Waals surface area contributed by atoms with Crippen molar-refractivity contribution in [3.8, 4) is 11.4 Å². The summed E-state index contributed by atoms with van der Waals surface area (Å²) in [5.41, 5.74) is 4.32. The predicted molar refractivity (Wildman–Crippen MR) is 152 cm³/mol. The Morgan fingerprint density at radius 2 is 0.973 bits per heavy atom. The smallest absolute Gasteiger partial charge is 0.266 e. The normalized spacial score (nSPS) is 11.2. The van der Waals surface area contributed by atoms with E-state index in [-0.39, 0.29) is 11.1 Å². The molecular formula is C29H20N4O2S2. The molecule has 6 aromatic rings. The van der Waals surface area contributed by atoms with Gasteiger partial charge in [-0.3, -0.25) is 18.7 Å². The summed E-state index contributed by atoms with van der Waals surface area (Å²) in [4.78, 5) is 33.1. The molecule has 2 N–H and O–H groups in total. The van der Waals surface area contributed by atoms with Gasteiger partial charge in [0.1, 0.15) is 0 Å². The van der Waals surface area contributed by atoms with E-state index in [1.54, 1.807) is 0 Å². The zero-order valence-electron chi connectivity index (χ0n) is 19.5. The lowest BCUT2D eigenvalue weighted by Gasteiger charge is -2.11. The minimum absolute atomic E-state index is 0.177. The molecule has 0 aliphatic heterocycles. The van der Waals surface area contributed by atoms with Crippen LogP contribution in [0.4, 0.5) is 0 Å². The standard InChI is InChI=1S/C29H20N4O2S2/c34-26-22-16-18(11-13-24(22)30-28(36)32(26)20-7-3-1-4-8-20)15-19-12-14-25-23(17-19)27(35)33(29(37)31-25)21-9-5-2-6-10-21/h1-14,16-17H,15H2,(H,30,36)(H,31,37). The topological polar surface area (TPSA) is 75.6 Å². The maximum absolute atomic E-state index is 13.4. The van der Waals surface area contributed by atoms with Crippen molar-refractivity contribution in [2.45, 2.75) is 6.42 Å². The molecule has 0 fully saturated rings. The average molecular weight is 521 g/mol. The van der Waals surface area contributed by atoms with Crippen molar-refractivity contribution in [2.24, 2.45) is 0 Å². The van der Waals surface area contributed by atoms with Crippen LogP contribution in [0, 0.1) is 9.54 Å². The highest BCUT2D eigenvalue weighted by molar-refractivity contribution is 7.71. The number of benzene rings is 4. The van der Waals surface area contributed by atoms with E-state index >= 15 is 0 Å². The molecule has 0 bridgehead atoms. The van der Waals surface area contributed by atoms with E-state index in [1.165, 1.54) is 9.13 Å². The monoisotopic (exact) mass is 520 g/mol. The predicted octanol–water partition coefficient (Wildman–Crippen LogP) is 6.00. The zero-order valence-corrected chi connectivity index (χ0v) is 21.1. The summed E-state index contributed by atoms with van der Waals surface area (Å²) in [5.74, 6) is 0. The second-order valence-electron chi connectivity index (χ2n) is 8.75. The molecule has 0 saturated heterocycles. The molecule has 0 amide bonds. The molecule has 180 valence electrons. The molecule has 8 heteroatoms. The third kappa shape index (κ3) is 4.16. The summed E-state index contributed by atoms with van der Waals surface area (Å²) in [7, 11) is 0. The summed E-state index contributed by atoms with van der Waals surface area (Å²) >= 11 is 10.9. The van der Waals surface area contributed by atoms with Gasteiger partial charge >= 0.3 is 0 Å². The first-order chi connectivity index (χ1) is 18.0. The molecule has 2 aromatic heterocycles. The Kier molecular flexibility index (Phi) is 5.75. The Hall–Kier alpha value is -4.40. The van der Waals surface area contributed by atoms with Gasteiger partial charge in [-0.1, -0.05) is 48.5 Å². The van der Waals surface area contributed by atoms with Gasteiger partial charge in [0.25, 0.3) is 11.1 Å². The van der Waals surface area contributed by atoms with Crippen LogP contribution in [0.2, 0.25) is 0 Å². The quantitative estimate of drug-likeness (QED) is 0.280. The van der Waals surface area contributed by atoms with Crippen molar-refractivity contribution in [3.05, 3.63) is 138 Å². The van der Waals surface area contributed by atoms with Gasteiger partial charge in [-0.15, -0.1) is 0 Å². The van der Waals surface area contributed by atoms with Crippen molar-refractivity contribution in [1.82, 2.24) is 19.1 Å². The highest BCUT2D eigenvalue weighted by atomic mass is 32.1. The number of H-pyrrole nitrogens is 2. The lowest BCUT2D eigenvalue weighted by molar-refractivity contribution is 0.938. The molecule has 37 heavy (non-hydrogen) atoms. The Labute approximate surface area is 221 Å². The third-order valence-corrected chi connectivity index (χ3v) is 6.93. The van der Waals surface area contributed by atoms with Crippen LogP contribution in [0.1, 0.15) is 11.1 Å². The minimum Gasteiger partial charge on any atom is -0.331 e. The fraction of sp³-hybridized carbons (Fsp3) is 0.0345. The Balaban J connectivity index is 1.44. The number of hydrogen-bond donors (Lipinski definition) is 2. The van der Waals surface area contributed by atoms with E-state index in [4.69, 9.17) is 24.4 Å². The van der Waals surface area contributed by atoms with Gasteiger partial charge in [0, 0.05) is 0 Å². The summed E-state index contributed by atoms with van der Waals surface area (Å²) in [6.07, 6.45) is 0.548. The van der Waals surface area contributed by atoms with Crippen LogP contribution >= 0.6 is 24.4 Å².